The average molecular weight is 337 g/mol. The minimum absolute atomic E-state index is 0.00978. The zero-order valence-electron chi connectivity index (χ0n) is 11.3. The number of thioether (sulfide) groups is 1. The first-order valence-electron chi connectivity index (χ1n) is 6.24. The smallest absolute Gasteiger partial charge is 0.293 e. The molecule has 0 radical (unpaired) electrons. The quantitative estimate of drug-likeness (QED) is 0.473. The molecule has 0 aliphatic carbocycles. The lowest BCUT2D eigenvalue weighted by Crippen LogP contribution is -2.41. The molecule has 106 valence electrons. The van der Waals surface area contributed by atoms with Crippen LogP contribution in [0.2, 0.25) is 5.02 Å². The van der Waals surface area contributed by atoms with Crippen molar-refractivity contribution < 1.29 is 14.2 Å². The van der Waals surface area contributed by atoms with Crippen LogP contribution in [0.15, 0.2) is 33.5 Å². The second-order valence-electron chi connectivity index (χ2n) is 4.61. The predicted molar refractivity (Wildman–Crippen MR) is 85.2 cm³/mol. The fraction of sp³-hybridized carbons (Fsp3) is 0.133. The van der Waals surface area contributed by atoms with E-state index in [0.717, 1.165) is 9.90 Å². The summed E-state index contributed by atoms with van der Waals surface area (Å²) in [6.45, 7) is 3.32. The van der Waals surface area contributed by atoms with Crippen molar-refractivity contribution in [3.63, 3.8) is 0 Å². The minimum atomic E-state index is -0.101. The van der Waals surface area contributed by atoms with Crippen LogP contribution in [-0.4, -0.2) is 11.7 Å². The SMILES string of the molecule is CC(=O)c1sc2[n+](c1C)C(=O)/C(=C\c1ccccc1Cl)S2. The molecule has 1 aromatic carbocycles. The van der Waals surface area contributed by atoms with Gasteiger partial charge in [-0.15, -0.1) is 4.57 Å². The van der Waals surface area contributed by atoms with Gasteiger partial charge >= 0.3 is 10.2 Å². The van der Waals surface area contributed by atoms with Crippen LogP contribution in [0.1, 0.15) is 32.6 Å². The Labute approximate surface area is 135 Å². The molecule has 6 heteroatoms. The molecule has 0 atom stereocenters. The number of carbonyl (C=O) groups excluding carboxylic acids is 2. The number of hydrogen-bond donors (Lipinski definition) is 0. The van der Waals surface area contributed by atoms with Crippen LogP contribution in [0, 0.1) is 6.92 Å². The van der Waals surface area contributed by atoms with Crippen LogP contribution >= 0.6 is 34.7 Å². The molecule has 3 nitrogen and oxygen atoms in total. The molecule has 1 aromatic heterocycles. The summed E-state index contributed by atoms with van der Waals surface area (Å²) in [6.07, 6.45) is 1.79. The standard InChI is InChI=1S/C15H11ClNO2S2/c1-8-13(9(2)18)21-15-17(8)14(19)12(20-15)7-10-5-3-4-6-11(10)16/h3-7H,1-2H3/q+1/b12-7+. The number of nitrogens with zero attached hydrogens (tertiary/aromatic N) is 1. The van der Waals surface area contributed by atoms with E-state index in [9.17, 15) is 9.59 Å². The van der Waals surface area contributed by atoms with Crippen LogP contribution in [-0.2, 0) is 0 Å². The van der Waals surface area contributed by atoms with Gasteiger partial charge in [-0.1, -0.05) is 41.1 Å². The fourth-order valence-electron chi connectivity index (χ4n) is 2.15. The molecule has 0 unspecified atom stereocenters. The maximum absolute atomic E-state index is 12.5. The number of Topliss-reactive ketones (excluding diaryl/α,β-unsaturated/α-hetero) is 1. The van der Waals surface area contributed by atoms with Gasteiger partial charge in [0.25, 0.3) is 0 Å². The highest BCUT2D eigenvalue weighted by Gasteiger charge is 2.42. The lowest BCUT2D eigenvalue weighted by molar-refractivity contribution is -0.606. The lowest BCUT2D eigenvalue weighted by Gasteiger charge is -1.96. The second-order valence-corrected chi connectivity index (χ2v) is 7.31. The summed E-state index contributed by atoms with van der Waals surface area (Å²) >= 11 is 8.86. The fourth-order valence-corrected chi connectivity index (χ4v) is 4.75. The molecule has 1 aliphatic rings. The Balaban J connectivity index is 2.02. The normalized spacial score (nSPS) is 15.6. The number of rotatable bonds is 2. The summed E-state index contributed by atoms with van der Waals surface area (Å²) in [7, 11) is 0. The first-order valence-corrected chi connectivity index (χ1v) is 8.25. The maximum atomic E-state index is 12.5. The van der Waals surface area contributed by atoms with Crippen LogP contribution in [0.25, 0.3) is 6.08 Å². The van der Waals surface area contributed by atoms with Crippen LogP contribution in [0.5, 0.6) is 0 Å². The van der Waals surface area contributed by atoms with E-state index >= 15 is 0 Å². The number of allylic oxidation sites excluding steroid dienone is 1. The van der Waals surface area contributed by atoms with Crippen molar-refractivity contribution >= 4 is 52.5 Å². The summed E-state index contributed by atoms with van der Waals surface area (Å²) in [4.78, 5) is 25.3. The molecule has 0 fully saturated rings. The van der Waals surface area contributed by atoms with E-state index in [1.165, 1.54) is 30.0 Å². The molecule has 0 bridgehead atoms. The number of hydrogen-bond acceptors (Lipinski definition) is 4. The summed E-state index contributed by atoms with van der Waals surface area (Å²) in [5, 5.41) is 0.611. The first kappa shape index (κ1) is 14.5. The van der Waals surface area contributed by atoms with Crippen LogP contribution in [0.3, 0.4) is 0 Å². The van der Waals surface area contributed by atoms with Crippen LogP contribution in [0.4, 0.5) is 0 Å². The van der Waals surface area contributed by atoms with Gasteiger partial charge in [0.05, 0.1) is 0 Å². The third kappa shape index (κ3) is 2.46. The topological polar surface area (TPSA) is 38.0 Å². The monoisotopic (exact) mass is 336 g/mol. The van der Waals surface area contributed by atoms with E-state index in [0.29, 0.717) is 20.5 Å². The average Bonchev–Trinajstić information content (AvgIpc) is 2.91. The molecule has 0 saturated heterocycles. The number of ketones is 1. The summed E-state index contributed by atoms with van der Waals surface area (Å²) in [5.74, 6) is -0.111. The Bertz CT molecular complexity index is 808. The third-order valence-corrected chi connectivity index (χ3v) is 6.02. The van der Waals surface area contributed by atoms with Gasteiger partial charge in [0, 0.05) is 30.6 Å². The molecule has 0 saturated carbocycles. The molecule has 0 spiro atoms. The summed E-state index contributed by atoms with van der Waals surface area (Å²) in [6, 6.07) is 7.39. The highest BCUT2D eigenvalue weighted by atomic mass is 35.5. The van der Waals surface area contributed by atoms with Gasteiger partial charge in [-0.25, -0.2) is 4.79 Å². The van der Waals surface area contributed by atoms with Crippen molar-refractivity contribution in [2.45, 2.75) is 18.2 Å². The van der Waals surface area contributed by atoms with E-state index in [1.54, 1.807) is 23.6 Å². The van der Waals surface area contributed by atoms with Crippen LogP contribution < -0.4 is 4.57 Å². The Morgan fingerprint density at radius 3 is 2.67 bits per heavy atom. The second kappa shape index (κ2) is 5.40. The van der Waals surface area contributed by atoms with Gasteiger partial charge in [-0.2, -0.15) is 0 Å². The number of halogens is 1. The molecule has 2 heterocycles. The Morgan fingerprint density at radius 1 is 1.33 bits per heavy atom. The van der Waals surface area contributed by atoms with Crippen molar-refractivity contribution in [1.29, 1.82) is 0 Å². The Kier molecular flexibility index (Phi) is 3.73. The van der Waals surface area contributed by atoms with Gasteiger partial charge in [0.15, 0.2) is 5.78 Å². The number of benzene rings is 1. The van der Waals surface area contributed by atoms with E-state index in [1.807, 2.05) is 18.2 Å². The van der Waals surface area contributed by atoms with Gasteiger partial charge in [0.2, 0.25) is 5.69 Å². The van der Waals surface area contributed by atoms with Gasteiger partial charge in [-0.05, 0) is 17.7 Å². The summed E-state index contributed by atoms with van der Waals surface area (Å²) in [5.41, 5.74) is 1.53. The highest BCUT2D eigenvalue weighted by Crippen LogP contribution is 2.38. The van der Waals surface area contributed by atoms with Crippen molar-refractivity contribution in [1.82, 2.24) is 0 Å². The van der Waals surface area contributed by atoms with Gasteiger partial charge < -0.3 is 0 Å². The third-order valence-electron chi connectivity index (χ3n) is 3.16. The molecule has 1 aliphatic heterocycles. The molecule has 2 aromatic rings. The van der Waals surface area contributed by atoms with Crippen molar-refractivity contribution in [2.75, 3.05) is 0 Å². The van der Waals surface area contributed by atoms with Gasteiger partial charge in [-0.3, -0.25) is 4.79 Å². The van der Waals surface area contributed by atoms with Crippen molar-refractivity contribution in [3.8, 4) is 0 Å². The first-order chi connectivity index (χ1) is 9.99. The van der Waals surface area contributed by atoms with Crippen molar-refractivity contribution in [3.05, 3.63) is 50.3 Å². The predicted octanol–water partition coefficient (Wildman–Crippen LogP) is 3.99. The number of aromatic nitrogens is 1. The minimum Gasteiger partial charge on any atom is -0.293 e. The molecule has 0 N–H and O–H groups in total. The van der Waals surface area contributed by atoms with Gasteiger partial charge in [0.1, 0.15) is 9.78 Å². The molecule has 3 rings (SSSR count). The summed E-state index contributed by atoms with van der Waals surface area (Å²) < 4.78 is 2.43. The maximum Gasteiger partial charge on any atom is 0.433 e. The highest BCUT2D eigenvalue weighted by molar-refractivity contribution is 8.05. The van der Waals surface area contributed by atoms with E-state index < -0.39 is 0 Å². The molecule has 21 heavy (non-hydrogen) atoms. The zero-order chi connectivity index (χ0) is 15.1. The lowest BCUT2D eigenvalue weighted by atomic mass is 10.2. The number of thiazole rings is 1. The Morgan fingerprint density at radius 2 is 2.05 bits per heavy atom. The zero-order valence-corrected chi connectivity index (χ0v) is 13.7. The largest absolute Gasteiger partial charge is 0.433 e. The Hall–Kier alpha value is -1.43. The molecular formula is C15H11ClNO2S2+. The number of carbonyl (C=O) groups is 2. The molecular weight excluding hydrogens is 326 g/mol. The van der Waals surface area contributed by atoms with Crippen molar-refractivity contribution in [2.24, 2.45) is 0 Å². The van der Waals surface area contributed by atoms with E-state index in [4.69, 9.17) is 11.6 Å². The molecule has 0 amide bonds. The number of fused-ring (bicyclic) bond motifs is 1. The van der Waals surface area contributed by atoms with E-state index in [2.05, 4.69) is 0 Å². The van der Waals surface area contributed by atoms with E-state index in [-0.39, 0.29) is 11.7 Å².